The monoisotopic (exact) mass is 363 g/mol. The van der Waals surface area contributed by atoms with Crippen LogP contribution in [0.2, 0.25) is 0 Å². The van der Waals surface area contributed by atoms with Gasteiger partial charge in [-0.2, -0.15) is 13.2 Å². The van der Waals surface area contributed by atoms with Crippen molar-refractivity contribution in [2.24, 2.45) is 0 Å². The van der Waals surface area contributed by atoms with Crippen LogP contribution in [0.1, 0.15) is 34.8 Å². The van der Waals surface area contributed by atoms with Gasteiger partial charge in [0.1, 0.15) is 0 Å². The number of ether oxygens (including phenoxy) is 1. The van der Waals surface area contributed by atoms with Crippen molar-refractivity contribution >= 4 is 17.4 Å². The minimum absolute atomic E-state index is 0.0358. The fourth-order valence-electron chi connectivity index (χ4n) is 3.08. The van der Waals surface area contributed by atoms with Crippen molar-refractivity contribution in [2.45, 2.75) is 25.1 Å². The van der Waals surface area contributed by atoms with Gasteiger partial charge in [0.2, 0.25) is 0 Å². The molecule has 7 heteroatoms. The molecule has 0 amide bonds. The van der Waals surface area contributed by atoms with Gasteiger partial charge in [-0.1, -0.05) is 24.3 Å². The molecule has 4 nitrogen and oxygen atoms in total. The summed E-state index contributed by atoms with van der Waals surface area (Å²) < 4.78 is 44.5. The second-order valence-corrected chi connectivity index (χ2v) is 5.97. The van der Waals surface area contributed by atoms with Gasteiger partial charge in [0.25, 0.3) is 0 Å². The Morgan fingerprint density at radius 3 is 2.62 bits per heavy atom. The Hall–Kier alpha value is -2.83. The second kappa shape index (κ2) is 6.48. The van der Waals surface area contributed by atoms with Gasteiger partial charge in [-0.25, -0.2) is 4.79 Å². The first-order valence-corrected chi connectivity index (χ1v) is 8.03. The van der Waals surface area contributed by atoms with Crippen LogP contribution < -0.4 is 5.32 Å². The zero-order valence-electron chi connectivity index (χ0n) is 13.9. The van der Waals surface area contributed by atoms with E-state index in [2.05, 4.69) is 5.32 Å². The number of para-hydroxylation sites is 1. The van der Waals surface area contributed by atoms with Crippen LogP contribution >= 0.6 is 0 Å². The van der Waals surface area contributed by atoms with Crippen LogP contribution in [-0.4, -0.2) is 18.4 Å². The summed E-state index contributed by atoms with van der Waals surface area (Å²) >= 11 is 0. The Bertz CT molecular complexity index is 863. The van der Waals surface area contributed by atoms with Crippen LogP contribution in [0.5, 0.6) is 0 Å². The highest BCUT2D eigenvalue weighted by Crippen LogP contribution is 2.40. The third kappa shape index (κ3) is 3.05. The predicted octanol–water partition coefficient (Wildman–Crippen LogP) is 4.16. The molecule has 2 aromatic rings. The molecule has 0 fully saturated rings. The van der Waals surface area contributed by atoms with Crippen LogP contribution in [0.25, 0.3) is 0 Å². The number of carbonyl (C=O) groups excluding carboxylic acids is 2. The maximum absolute atomic E-state index is 13.1. The highest BCUT2D eigenvalue weighted by atomic mass is 19.4. The van der Waals surface area contributed by atoms with Gasteiger partial charge >= 0.3 is 12.1 Å². The number of nitrogens with one attached hydrogen (secondary N) is 1. The zero-order valence-corrected chi connectivity index (χ0v) is 13.9. The molecule has 136 valence electrons. The molecular weight excluding hydrogens is 347 g/mol. The van der Waals surface area contributed by atoms with Gasteiger partial charge in [0.05, 0.1) is 12.2 Å². The van der Waals surface area contributed by atoms with Gasteiger partial charge in [0, 0.05) is 17.7 Å². The average molecular weight is 363 g/mol. The normalized spacial score (nSPS) is 19.5. The first kappa shape index (κ1) is 18.0. The number of halogens is 3. The number of Topliss-reactive ketones (excluding diaryl/α,β-unsaturated/α-hetero) is 1. The topological polar surface area (TPSA) is 55.4 Å². The molecule has 1 atom stereocenters. The highest BCUT2D eigenvalue weighted by molar-refractivity contribution is 6.08. The Labute approximate surface area is 148 Å². The number of hydrogen-bond acceptors (Lipinski definition) is 4. The number of esters is 1. The number of benzene rings is 2. The molecule has 26 heavy (non-hydrogen) atoms. The van der Waals surface area contributed by atoms with Crippen molar-refractivity contribution in [1.29, 1.82) is 0 Å². The summed E-state index contributed by atoms with van der Waals surface area (Å²) in [7, 11) is 0. The Morgan fingerprint density at radius 1 is 1.19 bits per heavy atom. The molecule has 1 aliphatic heterocycles. The summed E-state index contributed by atoms with van der Waals surface area (Å²) in [6, 6.07) is 11.0. The molecule has 1 unspecified atom stereocenters. The van der Waals surface area contributed by atoms with Crippen LogP contribution in [0.3, 0.4) is 0 Å². The summed E-state index contributed by atoms with van der Waals surface area (Å²) in [6.07, 6.45) is -4.90. The van der Waals surface area contributed by atoms with Gasteiger partial charge < -0.3 is 10.1 Å². The molecule has 0 saturated heterocycles. The standard InChI is InChI=1S/C19H16F3NO3/c1-2-26-17(25)18(12-6-5-7-13(10-12)19(20,21)22)11-16(24)14-8-3-4-9-15(14)23-18/h3-10,23H,2,11H2,1H3. The van der Waals surface area contributed by atoms with E-state index in [9.17, 15) is 22.8 Å². The molecular formula is C19H16F3NO3. The summed E-state index contributed by atoms with van der Waals surface area (Å²) in [5, 5.41) is 2.96. The maximum atomic E-state index is 13.1. The zero-order chi connectivity index (χ0) is 18.9. The lowest BCUT2D eigenvalue weighted by molar-refractivity contribution is -0.149. The number of alkyl halides is 3. The highest BCUT2D eigenvalue weighted by Gasteiger charge is 2.48. The van der Waals surface area contributed by atoms with Crippen molar-refractivity contribution in [3.8, 4) is 0 Å². The molecule has 0 aromatic heterocycles. The number of fused-ring (bicyclic) bond motifs is 1. The lowest BCUT2D eigenvalue weighted by Gasteiger charge is -2.37. The minimum Gasteiger partial charge on any atom is -0.464 e. The van der Waals surface area contributed by atoms with Gasteiger partial charge in [-0.15, -0.1) is 0 Å². The van der Waals surface area contributed by atoms with Gasteiger partial charge in [-0.3, -0.25) is 4.79 Å². The van der Waals surface area contributed by atoms with Crippen molar-refractivity contribution in [2.75, 3.05) is 11.9 Å². The molecule has 1 aliphatic rings. The molecule has 0 bridgehead atoms. The number of carbonyl (C=O) groups is 2. The molecule has 0 saturated carbocycles. The maximum Gasteiger partial charge on any atom is 0.416 e. The molecule has 0 radical (unpaired) electrons. The van der Waals surface area contributed by atoms with Crippen molar-refractivity contribution in [1.82, 2.24) is 0 Å². The first-order valence-electron chi connectivity index (χ1n) is 8.03. The number of anilines is 1. The van der Waals surface area contributed by atoms with E-state index in [4.69, 9.17) is 4.74 Å². The molecule has 0 spiro atoms. The summed E-state index contributed by atoms with van der Waals surface area (Å²) in [5.41, 5.74) is -1.79. The second-order valence-electron chi connectivity index (χ2n) is 5.97. The molecule has 2 aromatic carbocycles. The van der Waals surface area contributed by atoms with E-state index in [0.717, 1.165) is 12.1 Å². The van der Waals surface area contributed by atoms with Crippen LogP contribution in [-0.2, 0) is 21.2 Å². The van der Waals surface area contributed by atoms with Gasteiger partial charge in [0.15, 0.2) is 11.3 Å². The first-order chi connectivity index (χ1) is 12.3. The molecule has 3 rings (SSSR count). The molecule has 0 aliphatic carbocycles. The molecule has 1 heterocycles. The van der Waals surface area contributed by atoms with E-state index in [-0.39, 0.29) is 24.4 Å². The molecule has 1 N–H and O–H groups in total. The fourth-order valence-corrected chi connectivity index (χ4v) is 3.08. The smallest absolute Gasteiger partial charge is 0.416 e. The van der Waals surface area contributed by atoms with Crippen LogP contribution in [0, 0.1) is 0 Å². The van der Waals surface area contributed by atoms with E-state index in [1.807, 2.05) is 0 Å². The van der Waals surface area contributed by atoms with Gasteiger partial charge in [-0.05, 0) is 36.8 Å². The predicted molar refractivity (Wildman–Crippen MR) is 88.8 cm³/mol. The Balaban J connectivity index is 2.16. The Morgan fingerprint density at radius 2 is 1.92 bits per heavy atom. The van der Waals surface area contributed by atoms with E-state index >= 15 is 0 Å². The van der Waals surface area contributed by atoms with E-state index < -0.39 is 23.2 Å². The third-order valence-electron chi connectivity index (χ3n) is 4.31. The van der Waals surface area contributed by atoms with E-state index in [1.54, 1.807) is 31.2 Å². The summed E-state index contributed by atoms with van der Waals surface area (Å²) in [4.78, 5) is 25.3. The quantitative estimate of drug-likeness (QED) is 0.832. The lowest BCUT2D eigenvalue weighted by atomic mass is 9.79. The van der Waals surface area contributed by atoms with Crippen molar-refractivity contribution in [3.05, 3.63) is 65.2 Å². The minimum atomic E-state index is -4.57. The summed E-state index contributed by atoms with van der Waals surface area (Å²) in [6.45, 7) is 1.63. The van der Waals surface area contributed by atoms with E-state index in [1.165, 1.54) is 12.1 Å². The largest absolute Gasteiger partial charge is 0.464 e. The Kier molecular flexibility index (Phi) is 4.48. The lowest BCUT2D eigenvalue weighted by Crippen LogP contribution is -2.49. The fraction of sp³-hybridized carbons (Fsp3) is 0.263. The summed E-state index contributed by atoms with van der Waals surface area (Å²) in [5.74, 6) is -1.13. The SMILES string of the molecule is CCOC(=O)C1(c2cccc(C(F)(F)F)c2)CC(=O)c2ccccc2N1. The number of rotatable bonds is 3. The van der Waals surface area contributed by atoms with Crippen molar-refractivity contribution in [3.63, 3.8) is 0 Å². The van der Waals surface area contributed by atoms with E-state index in [0.29, 0.717) is 11.3 Å². The van der Waals surface area contributed by atoms with Crippen LogP contribution in [0.15, 0.2) is 48.5 Å². The van der Waals surface area contributed by atoms with Crippen molar-refractivity contribution < 1.29 is 27.5 Å². The average Bonchev–Trinajstić information content (AvgIpc) is 2.61. The number of hydrogen-bond donors (Lipinski definition) is 1. The van der Waals surface area contributed by atoms with Crippen LogP contribution in [0.4, 0.5) is 18.9 Å². The number of ketones is 1. The third-order valence-corrected chi connectivity index (χ3v) is 4.31.